The van der Waals surface area contributed by atoms with Crippen molar-refractivity contribution in [3.05, 3.63) is 0 Å². The standard InChI is InChI=1S/C11H25NO3/c1-4-14-10-11(2)12-6-5-7-15-9-8-13-3/h11-12H,4-10H2,1-3H3. The van der Waals surface area contributed by atoms with Gasteiger partial charge in [-0.2, -0.15) is 0 Å². The van der Waals surface area contributed by atoms with Crippen molar-refractivity contribution >= 4 is 0 Å². The fraction of sp³-hybridized carbons (Fsp3) is 1.00. The molecule has 0 aliphatic carbocycles. The molecule has 0 aromatic rings. The van der Waals surface area contributed by atoms with Crippen LogP contribution < -0.4 is 5.32 Å². The van der Waals surface area contributed by atoms with Gasteiger partial charge in [-0.15, -0.1) is 0 Å². The Bertz CT molecular complexity index is 122. The van der Waals surface area contributed by atoms with Gasteiger partial charge in [0.2, 0.25) is 0 Å². The molecule has 15 heavy (non-hydrogen) atoms. The molecule has 4 heteroatoms. The van der Waals surface area contributed by atoms with Crippen LogP contribution in [0.1, 0.15) is 20.3 Å². The molecular weight excluding hydrogens is 194 g/mol. The molecule has 0 fully saturated rings. The van der Waals surface area contributed by atoms with Crippen LogP contribution in [0.15, 0.2) is 0 Å². The van der Waals surface area contributed by atoms with Crippen LogP contribution in [-0.4, -0.2) is 52.7 Å². The molecule has 0 radical (unpaired) electrons. The average molecular weight is 219 g/mol. The van der Waals surface area contributed by atoms with E-state index in [0.717, 1.165) is 32.8 Å². The van der Waals surface area contributed by atoms with Crippen molar-refractivity contribution in [1.82, 2.24) is 5.32 Å². The third-order valence-corrected chi connectivity index (χ3v) is 1.96. The fourth-order valence-corrected chi connectivity index (χ4v) is 1.12. The molecular formula is C11H25NO3. The molecule has 0 rings (SSSR count). The summed E-state index contributed by atoms with van der Waals surface area (Å²) in [5.74, 6) is 0. The van der Waals surface area contributed by atoms with Crippen LogP contribution in [0.25, 0.3) is 0 Å². The van der Waals surface area contributed by atoms with Gasteiger partial charge in [-0.05, 0) is 26.8 Å². The Morgan fingerprint density at radius 3 is 2.60 bits per heavy atom. The molecule has 92 valence electrons. The minimum atomic E-state index is 0.420. The first kappa shape index (κ1) is 14.8. The van der Waals surface area contributed by atoms with Gasteiger partial charge in [-0.3, -0.25) is 0 Å². The van der Waals surface area contributed by atoms with Gasteiger partial charge in [0.25, 0.3) is 0 Å². The van der Waals surface area contributed by atoms with E-state index in [9.17, 15) is 0 Å². The van der Waals surface area contributed by atoms with E-state index in [1.165, 1.54) is 0 Å². The second kappa shape index (κ2) is 11.9. The monoisotopic (exact) mass is 219 g/mol. The number of rotatable bonds is 11. The van der Waals surface area contributed by atoms with Crippen molar-refractivity contribution in [2.45, 2.75) is 26.3 Å². The van der Waals surface area contributed by atoms with Gasteiger partial charge >= 0.3 is 0 Å². The van der Waals surface area contributed by atoms with E-state index >= 15 is 0 Å². The lowest BCUT2D eigenvalue weighted by atomic mass is 10.3. The molecule has 0 aliphatic heterocycles. The molecule has 0 heterocycles. The highest BCUT2D eigenvalue weighted by Gasteiger charge is 1.99. The minimum absolute atomic E-state index is 0.420. The first-order valence-corrected chi connectivity index (χ1v) is 5.69. The number of methoxy groups -OCH3 is 1. The van der Waals surface area contributed by atoms with E-state index < -0.39 is 0 Å². The highest BCUT2D eigenvalue weighted by atomic mass is 16.5. The maximum Gasteiger partial charge on any atom is 0.0700 e. The smallest absolute Gasteiger partial charge is 0.0700 e. The summed E-state index contributed by atoms with van der Waals surface area (Å²) in [5, 5.41) is 3.37. The maximum atomic E-state index is 5.34. The van der Waals surface area contributed by atoms with Crippen molar-refractivity contribution in [3.63, 3.8) is 0 Å². The van der Waals surface area contributed by atoms with Crippen molar-refractivity contribution in [2.75, 3.05) is 46.7 Å². The van der Waals surface area contributed by atoms with Crippen LogP contribution >= 0.6 is 0 Å². The summed E-state index contributed by atoms with van der Waals surface area (Å²) in [4.78, 5) is 0. The zero-order chi connectivity index (χ0) is 11.4. The summed E-state index contributed by atoms with van der Waals surface area (Å²) in [6.45, 7) is 8.82. The SMILES string of the molecule is CCOCC(C)NCCCOCCOC. The topological polar surface area (TPSA) is 39.7 Å². The first-order chi connectivity index (χ1) is 7.31. The Morgan fingerprint density at radius 2 is 1.93 bits per heavy atom. The van der Waals surface area contributed by atoms with Crippen LogP contribution in [0.3, 0.4) is 0 Å². The highest BCUT2D eigenvalue weighted by molar-refractivity contribution is 4.58. The molecule has 1 atom stereocenters. The van der Waals surface area contributed by atoms with Gasteiger partial charge in [0, 0.05) is 26.4 Å². The number of hydrogen-bond donors (Lipinski definition) is 1. The van der Waals surface area contributed by atoms with Crippen LogP contribution in [0.2, 0.25) is 0 Å². The zero-order valence-electron chi connectivity index (χ0n) is 10.3. The Hall–Kier alpha value is -0.160. The van der Waals surface area contributed by atoms with Crippen LogP contribution in [0.5, 0.6) is 0 Å². The number of nitrogens with one attached hydrogen (secondary N) is 1. The number of hydrogen-bond acceptors (Lipinski definition) is 4. The van der Waals surface area contributed by atoms with Crippen LogP contribution in [-0.2, 0) is 14.2 Å². The normalized spacial score (nSPS) is 13.0. The van der Waals surface area contributed by atoms with Crippen molar-refractivity contribution in [3.8, 4) is 0 Å². The van der Waals surface area contributed by atoms with Crippen molar-refractivity contribution < 1.29 is 14.2 Å². The van der Waals surface area contributed by atoms with Gasteiger partial charge < -0.3 is 19.5 Å². The maximum absolute atomic E-state index is 5.34. The van der Waals surface area contributed by atoms with E-state index in [1.807, 2.05) is 6.92 Å². The van der Waals surface area contributed by atoms with Crippen LogP contribution in [0, 0.1) is 0 Å². The van der Waals surface area contributed by atoms with Crippen molar-refractivity contribution in [2.24, 2.45) is 0 Å². The highest BCUT2D eigenvalue weighted by Crippen LogP contribution is 1.86. The second-order valence-electron chi connectivity index (χ2n) is 3.47. The molecule has 0 amide bonds. The molecule has 1 unspecified atom stereocenters. The molecule has 0 aromatic heterocycles. The predicted octanol–water partition coefficient (Wildman–Crippen LogP) is 1.05. The van der Waals surface area contributed by atoms with E-state index in [-0.39, 0.29) is 0 Å². The minimum Gasteiger partial charge on any atom is -0.382 e. The lowest BCUT2D eigenvalue weighted by molar-refractivity contribution is 0.0685. The summed E-state index contributed by atoms with van der Waals surface area (Å²) in [5.41, 5.74) is 0. The van der Waals surface area contributed by atoms with Gasteiger partial charge in [0.1, 0.15) is 0 Å². The van der Waals surface area contributed by atoms with E-state index in [4.69, 9.17) is 14.2 Å². The summed E-state index contributed by atoms with van der Waals surface area (Å²) in [7, 11) is 1.68. The zero-order valence-corrected chi connectivity index (χ0v) is 10.3. The predicted molar refractivity (Wildman–Crippen MR) is 61.3 cm³/mol. The lowest BCUT2D eigenvalue weighted by Crippen LogP contribution is -2.31. The molecule has 0 saturated carbocycles. The van der Waals surface area contributed by atoms with Gasteiger partial charge in [0.15, 0.2) is 0 Å². The molecule has 1 N–H and O–H groups in total. The second-order valence-corrected chi connectivity index (χ2v) is 3.47. The molecule has 4 nitrogen and oxygen atoms in total. The number of ether oxygens (including phenoxy) is 3. The molecule has 0 aromatic carbocycles. The van der Waals surface area contributed by atoms with Gasteiger partial charge in [-0.25, -0.2) is 0 Å². The summed E-state index contributed by atoms with van der Waals surface area (Å²) >= 11 is 0. The van der Waals surface area contributed by atoms with E-state index in [0.29, 0.717) is 19.3 Å². The Balaban J connectivity index is 3.02. The Kier molecular flexibility index (Phi) is 11.8. The van der Waals surface area contributed by atoms with Gasteiger partial charge in [0.05, 0.1) is 19.8 Å². The summed E-state index contributed by atoms with van der Waals surface area (Å²) in [6, 6.07) is 0.420. The molecule has 0 bridgehead atoms. The Labute approximate surface area is 93.3 Å². The summed E-state index contributed by atoms with van der Waals surface area (Å²) in [6.07, 6.45) is 1.03. The summed E-state index contributed by atoms with van der Waals surface area (Å²) < 4.78 is 15.5. The van der Waals surface area contributed by atoms with Crippen molar-refractivity contribution in [1.29, 1.82) is 0 Å². The largest absolute Gasteiger partial charge is 0.382 e. The van der Waals surface area contributed by atoms with E-state index in [1.54, 1.807) is 7.11 Å². The first-order valence-electron chi connectivity index (χ1n) is 5.69. The quantitative estimate of drug-likeness (QED) is 0.527. The van der Waals surface area contributed by atoms with Gasteiger partial charge in [-0.1, -0.05) is 0 Å². The average Bonchev–Trinajstić information content (AvgIpc) is 2.25. The van der Waals surface area contributed by atoms with Crippen LogP contribution in [0.4, 0.5) is 0 Å². The molecule has 0 saturated heterocycles. The third-order valence-electron chi connectivity index (χ3n) is 1.96. The molecule has 0 aliphatic rings. The lowest BCUT2D eigenvalue weighted by Gasteiger charge is -2.13. The fourth-order valence-electron chi connectivity index (χ4n) is 1.12. The van der Waals surface area contributed by atoms with E-state index in [2.05, 4.69) is 12.2 Å². The third kappa shape index (κ3) is 11.8. The molecule has 0 spiro atoms. The Morgan fingerprint density at radius 1 is 1.13 bits per heavy atom.